The zero-order valence-electron chi connectivity index (χ0n) is 35.1. The first-order valence-electron chi connectivity index (χ1n) is 19.7. The molecule has 12 heteroatoms. The fourth-order valence-corrected chi connectivity index (χ4v) is 7.71. The second-order valence-electron chi connectivity index (χ2n) is 15.2. The summed E-state index contributed by atoms with van der Waals surface area (Å²) in [5, 5.41) is 71.8. The maximum Gasteiger partial charge on any atom is 0.167 e. The Hall–Kier alpha value is -6.82. The number of methoxy groups -OCH3 is 2. The summed E-state index contributed by atoms with van der Waals surface area (Å²) < 4.78 is 22.0. The average molecular weight is 817 g/mol. The van der Waals surface area contributed by atoms with Crippen LogP contribution in [-0.4, -0.2) is 83.6 Å². The maximum absolute atomic E-state index is 12.4. The Morgan fingerprint density at radius 3 is 1.15 bits per heavy atom. The summed E-state index contributed by atoms with van der Waals surface area (Å²) >= 11 is 0. The Balaban J connectivity index is 1.47. The van der Waals surface area contributed by atoms with E-state index in [0.717, 1.165) is 0 Å². The van der Waals surface area contributed by atoms with E-state index in [4.69, 9.17) is 18.9 Å². The van der Waals surface area contributed by atoms with Gasteiger partial charge in [0.2, 0.25) is 0 Å². The van der Waals surface area contributed by atoms with Gasteiger partial charge in [0.05, 0.1) is 27.3 Å². The van der Waals surface area contributed by atoms with Gasteiger partial charge >= 0.3 is 0 Å². The van der Waals surface area contributed by atoms with Crippen LogP contribution in [0.15, 0.2) is 70.6 Å². The van der Waals surface area contributed by atoms with Gasteiger partial charge in [-0.05, 0) is 96.1 Å². The van der Waals surface area contributed by atoms with Crippen LogP contribution in [0.5, 0.6) is 57.5 Å². The second kappa shape index (κ2) is 18.0. The molecule has 0 heterocycles. The van der Waals surface area contributed by atoms with E-state index in [9.17, 15) is 30.6 Å². The average Bonchev–Trinajstić information content (AvgIpc) is 3.21. The number of aryl methyl sites for hydroxylation is 2. The Morgan fingerprint density at radius 2 is 0.833 bits per heavy atom. The highest BCUT2D eigenvalue weighted by Crippen LogP contribution is 2.54. The molecule has 0 aliphatic heterocycles. The molecule has 0 unspecified atom stereocenters. The quantitative estimate of drug-likeness (QED) is 0.0331. The Morgan fingerprint density at radius 1 is 0.500 bits per heavy atom. The fraction of sp³-hybridized carbons (Fsp3) is 0.292. The molecule has 12 nitrogen and oxygen atoms in total. The van der Waals surface area contributed by atoms with Gasteiger partial charge in [-0.15, -0.1) is 0 Å². The van der Waals surface area contributed by atoms with Crippen molar-refractivity contribution in [3.63, 3.8) is 0 Å². The van der Waals surface area contributed by atoms with Gasteiger partial charge in [0, 0.05) is 56.6 Å². The molecule has 0 amide bonds. The van der Waals surface area contributed by atoms with Crippen LogP contribution in [0.2, 0.25) is 0 Å². The molecule has 314 valence electrons. The Labute approximate surface area is 349 Å². The van der Waals surface area contributed by atoms with Crippen LogP contribution in [0, 0.1) is 13.8 Å². The van der Waals surface area contributed by atoms with Gasteiger partial charge in [-0.3, -0.25) is 9.98 Å². The van der Waals surface area contributed by atoms with Gasteiger partial charge in [-0.2, -0.15) is 0 Å². The van der Waals surface area contributed by atoms with E-state index < -0.39 is 11.5 Å². The number of benzene rings is 6. The minimum Gasteiger partial charge on any atom is -0.507 e. The fourth-order valence-electron chi connectivity index (χ4n) is 7.71. The summed E-state index contributed by atoms with van der Waals surface area (Å²) in [6.45, 7) is 11.9. The number of hydrogen-bond donors (Lipinski definition) is 6. The van der Waals surface area contributed by atoms with E-state index in [1.807, 2.05) is 39.8 Å². The van der Waals surface area contributed by atoms with Crippen LogP contribution >= 0.6 is 0 Å². The number of aromatic hydroxyl groups is 6. The van der Waals surface area contributed by atoms with Crippen molar-refractivity contribution in [3.05, 3.63) is 94.0 Å². The third-order valence-corrected chi connectivity index (χ3v) is 10.5. The van der Waals surface area contributed by atoms with Crippen molar-refractivity contribution >= 4 is 34.0 Å². The number of phenols is 6. The predicted octanol–water partition coefficient (Wildman–Crippen LogP) is 9.77. The summed E-state index contributed by atoms with van der Waals surface area (Å²) in [5.41, 5.74) is 2.71. The normalized spacial score (nSPS) is 11.8. The van der Waals surface area contributed by atoms with Crippen molar-refractivity contribution in [2.45, 2.75) is 53.4 Å². The molecule has 0 aliphatic rings. The lowest BCUT2D eigenvalue weighted by Crippen LogP contribution is -2.03. The first-order chi connectivity index (χ1) is 28.7. The van der Waals surface area contributed by atoms with Crippen LogP contribution in [-0.2, 0) is 0 Å². The Bertz CT molecular complexity index is 2420. The summed E-state index contributed by atoms with van der Waals surface area (Å²) in [5.74, 6) is 0.0826. The number of rotatable bonds is 15. The largest absolute Gasteiger partial charge is 0.507 e. The van der Waals surface area contributed by atoms with Crippen LogP contribution < -0.4 is 18.9 Å². The van der Waals surface area contributed by atoms with E-state index >= 15 is 0 Å². The van der Waals surface area contributed by atoms with Crippen LogP contribution in [0.25, 0.3) is 32.7 Å². The number of hydrogen-bond acceptors (Lipinski definition) is 12. The van der Waals surface area contributed by atoms with E-state index in [1.54, 1.807) is 76.6 Å². The first kappa shape index (κ1) is 42.8. The molecule has 6 N–H and O–H groups in total. The van der Waals surface area contributed by atoms with Crippen molar-refractivity contribution in [1.82, 2.24) is 0 Å². The lowest BCUT2D eigenvalue weighted by atomic mass is 9.83. The number of fused-ring (bicyclic) bond motifs is 2. The number of phenolic OH excluding ortho intramolecular Hbond substituents is 6. The van der Waals surface area contributed by atoms with Crippen molar-refractivity contribution < 1.29 is 49.6 Å². The van der Waals surface area contributed by atoms with Crippen molar-refractivity contribution in [2.24, 2.45) is 9.98 Å². The predicted molar refractivity (Wildman–Crippen MR) is 236 cm³/mol. The molecule has 0 saturated heterocycles. The highest BCUT2D eigenvalue weighted by Gasteiger charge is 2.29. The standard InChI is InChI=1S/C48H52N2O10/c1-25(2)37-33-21-27(5)39(45(53)41(33)35(43(51)47(37)55)23-49-17-19-59-31-13-9-29(57-7)10-14-31)40-28(6)22-34-38(26(3)4)48(56)44(52)36(42(34)46(40)54)24-50-18-20-60-32-15-11-30(58-8)12-16-32/h9-16,21-26,51-56H,17-20H2,1-8H3. The monoisotopic (exact) mass is 816 g/mol. The molecule has 0 aliphatic carbocycles. The molecule has 6 aromatic rings. The number of ether oxygens (including phenoxy) is 4. The van der Waals surface area contributed by atoms with Gasteiger partial charge in [-0.1, -0.05) is 39.8 Å². The highest BCUT2D eigenvalue weighted by atomic mass is 16.5. The smallest absolute Gasteiger partial charge is 0.167 e. The van der Waals surface area contributed by atoms with Gasteiger partial charge in [-0.25, -0.2) is 0 Å². The van der Waals surface area contributed by atoms with Crippen LogP contribution in [0.4, 0.5) is 0 Å². The summed E-state index contributed by atoms with van der Waals surface area (Å²) in [7, 11) is 3.17. The molecule has 60 heavy (non-hydrogen) atoms. The van der Waals surface area contributed by atoms with E-state index in [1.165, 1.54) is 12.4 Å². The maximum atomic E-state index is 12.4. The third-order valence-electron chi connectivity index (χ3n) is 10.5. The number of aliphatic imine (C=N–C) groups is 2. The molecule has 0 radical (unpaired) electrons. The Kier molecular flexibility index (Phi) is 12.8. The van der Waals surface area contributed by atoms with Gasteiger partial charge in [0.1, 0.15) is 47.7 Å². The molecule has 6 rings (SSSR count). The lowest BCUT2D eigenvalue weighted by molar-refractivity contribution is 0.328. The summed E-state index contributed by atoms with van der Waals surface area (Å²) in [4.78, 5) is 8.99. The third kappa shape index (κ3) is 8.22. The van der Waals surface area contributed by atoms with E-state index in [0.29, 0.717) is 56.0 Å². The molecule has 6 aromatic carbocycles. The zero-order chi connectivity index (χ0) is 43.4. The molecule has 0 spiro atoms. The zero-order valence-corrected chi connectivity index (χ0v) is 35.1. The first-order valence-corrected chi connectivity index (χ1v) is 19.7. The van der Waals surface area contributed by atoms with Crippen LogP contribution in [0.1, 0.15) is 72.9 Å². The second-order valence-corrected chi connectivity index (χ2v) is 15.2. The van der Waals surface area contributed by atoms with Gasteiger partial charge in [0.15, 0.2) is 23.0 Å². The van der Waals surface area contributed by atoms with Crippen LogP contribution in [0.3, 0.4) is 0 Å². The lowest BCUT2D eigenvalue weighted by Gasteiger charge is -2.23. The molecule has 0 saturated carbocycles. The number of nitrogens with zero attached hydrogens (tertiary/aromatic N) is 2. The van der Waals surface area contributed by atoms with Crippen molar-refractivity contribution in [2.75, 3.05) is 40.5 Å². The van der Waals surface area contributed by atoms with Crippen molar-refractivity contribution in [3.8, 4) is 68.6 Å². The van der Waals surface area contributed by atoms with Crippen molar-refractivity contribution in [1.29, 1.82) is 0 Å². The van der Waals surface area contributed by atoms with Gasteiger partial charge < -0.3 is 49.6 Å². The van der Waals surface area contributed by atoms with E-state index in [2.05, 4.69) is 9.98 Å². The summed E-state index contributed by atoms with van der Waals surface area (Å²) in [6, 6.07) is 17.9. The molecule has 0 aromatic heterocycles. The topological polar surface area (TPSA) is 183 Å². The minimum absolute atomic E-state index is 0.0855. The summed E-state index contributed by atoms with van der Waals surface area (Å²) in [6.07, 6.45) is 2.79. The van der Waals surface area contributed by atoms with E-state index in [-0.39, 0.29) is 94.2 Å². The minimum atomic E-state index is -0.452. The molecular formula is C48H52N2O10. The molecule has 0 bridgehead atoms. The molecule has 0 fully saturated rings. The molecular weight excluding hydrogens is 765 g/mol. The van der Waals surface area contributed by atoms with Gasteiger partial charge in [0.25, 0.3) is 0 Å². The molecule has 0 atom stereocenters. The SMILES string of the molecule is COc1ccc(OCCN=Cc2c(O)c(O)c(C(C)C)c3cc(C)c(-c4c(C)cc5c(C(C)C)c(O)c(O)c(C=NCCOc6ccc(OC)cc6)c5c4O)c(O)c23)cc1. The highest BCUT2D eigenvalue weighted by molar-refractivity contribution is 6.15.